The van der Waals surface area contributed by atoms with Crippen molar-refractivity contribution in [3.05, 3.63) is 23.8 Å². The monoisotopic (exact) mass is 164 g/mol. The Hall–Kier alpha value is -0.890. The lowest BCUT2D eigenvalue weighted by Crippen LogP contribution is -2.33. The van der Waals surface area contributed by atoms with Crippen LogP contribution in [0.5, 0.6) is 0 Å². The van der Waals surface area contributed by atoms with Crippen LogP contribution in [0.1, 0.15) is 13.3 Å². The second kappa shape index (κ2) is 4.21. The maximum absolute atomic E-state index is 4.03. The standard InChI is InChI=1S/C10H16N2/c1-4-9-7-12-8(2)5-10(9)6-11-3/h4,6,8,12H,1,5,7H2,2-3H3. The maximum Gasteiger partial charge on any atom is 0.0277 e. The first-order valence-electron chi connectivity index (χ1n) is 4.28. The van der Waals surface area contributed by atoms with E-state index in [2.05, 4.69) is 23.8 Å². The summed E-state index contributed by atoms with van der Waals surface area (Å²) in [4.78, 5) is 4.03. The first-order valence-corrected chi connectivity index (χ1v) is 4.28. The van der Waals surface area contributed by atoms with Crippen LogP contribution in [0.15, 0.2) is 28.8 Å². The van der Waals surface area contributed by atoms with Crippen molar-refractivity contribution in [2.24, 2.45) is 4.99 Å². The van der Waals surface area contributed by atoms with Crippen LogP contribution in [0.25, 0.3) is 0 Å². The minimum atomic E-state index is 0.557. The SMILES string of the molecule is C=CC1=C(C=NC)CC(C)NC1. The van der Waals surface area contributed by atoms with Gasteiger partial charge in [-0.25, -0.2) is 0 Å². The molecule has 1 N–H and O–H groups in total. The Morgan fingerprint density at radius 3 is 2.92 bits per heavy atom. The van der Waals surface area contributed by atoms with Crippen LogP contribution in [0.2, 0.25) is 0 Å². The molecule has 1 rings (SSSR count). The van der Waals surface area contributed by atoms with E-state index >= 15 is 0 Å². The number of aliphatic imine (C=N–C) groups is 1. The molecule has 1 heterocycles. The highest BCUT2D eigenvalue weighted by molar-refractivity contribution is 5.81. The minimum Gasteiger partial charge on any atom is -0.310 e. The fourth-order valence-corrected chi connectivity index (χ4v) is 1.43. The molecular formula is C10H16N2. The quantitative estimate of drug-likeness (QED) is 0.615. The Morgan fingerprint density at radius 2 is 2.33 bits per heavy atom. The van der Waals surface area contributed by atoms with Gasteiger partial charge in [-0.3, -0.25) is 4.99 Å². The highest BCUT2D eigenvalue weighted by Gasteiger charge is 2.13. The van der Waals surface area contributed by atoms with Gasteiger partial charge in [0, 0.05) is 25.8 Å². The summed E-state index contributed by atoms with van der Waals surface area (Å²) in [5.74, 6) is 0. The van der Waals surface area contributed by atoms with Gasteiger partial charge in [0.2, 0.25) is 0 Å². The van der Waals surface area contributed by atoms with Crippen LogP contribution in [-0.2, 0) is 0 Å². The average Bonchev–Trinajstić information content (AvgIpc) is 2.05. The van der Waals surface area contributed by atoms with E-state index in [9.17, 15) is 0 Å². The summed E-state index contributed by atoms with van der Waals surface area (Å²) in [7, 11) is 1.81. The molecule has 12 heavy (non-hydrogen) atoms. The van der Waals surface area contributed by atoms with E-state index in [1.165, 1.54) is 11.1 Å². The van der Waals surface area contributed by atoms with Crippen molar-refractivity contribution >= 4 is 6.21 Å². The topological polar surface area (TPSA) is 24.4 Å². The first-order chi connectivity index (χ1) is 5.77. The fourth-order valence-electron chi connectivity index (χ4n) is 1.43. The Bertz CT molecular complexity index is 226. The van der Waals surface area contributed by atoms with E-state index in [4.69, 9.17) is 0 Å². The van der Waals surface area contributed by atoms with Crippen LogP contribution in [-0.4, -0.2) is 25.8 Å². The molecule has 2 nitrogen and oxygen atoms in total. The normalized spacial score (nSPS) is 25.0. The molecule has 0 radical (unpaired) electrons. The second-order valence-corrected chi connectivity index (χ2v) is 3.13. The molecule has 1 atom stereocenters. The lowest BCUT2D eigenvalue weighted by Gasteiger charge is -2.22. The van der Waals surface area contributed by atoms with Gasteiger partial charge in [0.05, 0.1) is 0 Å². The van der Waals surface area contributed by atoms with E-state index in [1.807, 2.05) is 12.3 Å². The van der Waals surface area contributed by atoms with Crippen molar-refractivity contribution in [1.82, 2.24) is 5.32 Å². The predicted molar refractivity (Wildman–Crippen MR) is 53.7 cm³/mol. The van der Waals surface area contributed by atoms with Gasteiger partial charge in [0.1, 0.15) is 0 Å². The zero-order chi connectivity index (χ0) is 8.97. The van der Waals surface area contributed by atoms with Crippen LogP contribution in [0, 0.1) is 0 Å². The number of rotatable bonds is 2. The predicted octanol–water partition coefficient (Wildman–Crippen LogP) is 1.55. The zero-order valence-corrected chi connectivity index (χ0v) is 7.80. The van der Waals surface area contributed by atoms with Crippen LogP contribution < -0.4 is 5.32 Å². The van der Waals surface area contributed by atoms with E-state index < -0.39 is 0 Å². The van der Waals surface area contributed by atoms with Gasteiger partial charge in [-0.05, 0) is 24.5 Å². The van der Waals surface area contributed by atoms with Gasteiger partial charge in [0.15, 0.2) is 0 Å². The molecule has 0 saturated carbocycles. The summed E-state index contributed by atoms with van der Waals surface area (Å²) in [6.07, 6.45) is 4.91. The third kappa shape index (κ3) is 2.05. The molecule has 0 spiro atoms. The molecule has 0 saturated heterocycles. The lowest BCUT2D eigenvalue weighted by atomic mass is 9.98. The van der Waals surface area contributed by atoms with Crippen LogP contribution in [0.4, 0.5) is 0 Å². The molecule has 0 amide bonds. The van der Waals surface area contributed by atoms with Crippen molar-refractivity contribution in [2.75, 3.05) is 13.6 Å². The van der Waals surface area contributed by atoms with Crippen molar-refractivity contribution in [3.63, 3.8) is 0 Å². The minimum absolute atomic E-state index is 0.557. The average molecular weight is 164 g/mol. The highest BCUT2D eigenvalue weighted by atomic mass is 14.9. The molecular weight excluding hydrogens is 148 g/mol. The van der Waals surface area contributed by atoms with Crippen molar-refractivity contribution in [2.45, 2.75) is 19.4 Å². The summed E-state index contributed by atoms with van der Waals surface area (Å²) >= 11 is 0. The van der Waals surface area contributed by atoms with Gasteiger partial charge in [-0.1, -0.05) is 12.7 Å². The first kappa shape index (κ1) is 9.20. The molecule has 0 aromatic rings. The number of hydrogen-bond donors (Lipinski definition) is 1. The van der Waals surface area contributed by atoms with Crippen LogP contribution >= 0.6 is 0 Å². The van der Waals surface area contributed by atoms with Gasteiger partial charge in [-0.15, -0.1) is 0 Å². The Kier molecular flexibility index (Phi) is 3.23. The van der Waals surface area contributed by atoms with Crippen molar-refractivity contribution < 1.29 is 0 Å². The van der Waals surface area contributed by atoms with Crippen molar-refractivity contribution in [3.8, 4) is 0 Å². The molecule has 0 aliphatic carbocycles. The number of nitrogens with zero attached hydrogens (tertiary/aromatic N) is 1. The van der Waals surface area contributed by atoms with E-state index in [-0.39, 0.29) is 0 Å². The Morgan fingerprint density at radius 1 is 1.58 bits per heavy atom. The van der Waals surface area contributed by atoms with Crippen molar-refractivity contribution in [1.29, 1.82) is 0 Å². The summed E-state index contributed by atoms with van der Waals surface area (Å²) in [5, 5.41) is 3.38. The third-order valence-corrected chi connectivity index (χ3v) is 2.11. The molecule has 2 heteroatoms. The van der Waals surface area contributed by atoms with Gasteiger partial charge in [0.25, 0.3) is 0 Å². The third-order valence-electron chi connectivity index (χ3n) is 2.11. The molecule has 1 unspecified atom stereocenters. The van der Waals surface area contributed by atoms with E-state index in [0.29, 0.717) is 6.04 Å². The smallest absolute Gasteiger partial charge is 0.0277 e. The Labute approximate surface area is 74.1 Å². The van der Waals surface area contributed by atoms with E-state index in [0.717, 1.165) is 13.0 Å². The molecule has 0 aromatic heterocycles. The summed E-state index contributed by atoms with van der Waals surface area (Å²) in [6.45, 7) is 6.89. The van der Waals surface area contributed by atoms with Gasteiger partial charge >= 0.3 is 0 Å². The summed E-state index contributed by atoms with van der Waals surface area (Å²) in [6, 6.07) is 0.557. The maximum atomic E-state index is 4.03. The molecule has 66 valence electrons. The Balaban J connectivity index is 2.84. The molecule has 0 aromatic carbocycles. The molecule has 0 bridgehead atoms. The highest BCUT2D eigenvalue weighted by Crippen LogP contribution is 2.15. The largest absolute Gasteiger partial charge is 0.310 e. The summed E-state index contributed by atoms with van der Waals surface area (Å²) in [5.41, 5.74) is 2.59. The number of hydrogen-bond acceptors (Lipinski definition) is 2. The van der Waals surface area contributed by atoms with E-state index in [1.54, 1.807) is 7.05 Å². The van der Waals surface area contributed by atoms with Gasteiger partial charge in [-0.2, -0.15) is 0 Å². The second-order valence-electron chi connectivity index (χ2n) is 3.13. The molecule has 1 aliphatic heterocycles. The molecule has 0 fully saturated rings. The summed E-state index contributed by atoms with van der Waals surface area (Å²) < 4.78 is 0. The fraction of sp³-hybridized carbons (Fsp3) is 0.500. The van der Waals surface area contributed by atoms with Gasteiger partial charge < -0.3 is 5.32 Å². The van der Waals surface area contributed by atoms with Crippen LogP contribution in [0.3, 0.4) is 0 Å². The lowest BCUT2D eigenvalue weighted by molar-refractivity contribution is 0.554. The number of nitrogens with one attached hydrogen (secondary N) is 1. The molecule has 1 aliphatic rings. The zero-order valence-electron chi connectivity index (χ0n) is 7.80.